The molecule has 0 radical (unpaired) electrons. The van der Waals surface area contributed by atoms with Gasteiger partial charge in [-0.25, -0.2) is 4.79 Å². The summed E-state index contributed by atoms with van der Waals surface area (Å²) in [4.78, 5) is 32.5. The molecule has 44 heavy (non-hydrogen) atoms. The Morgan fingerprint density at radius 2 is 1.57 bits per heavy atom. The number of benzene rings is 2. The smallest absolute Gasteiger partial charge is 0.335 e. The lowest BCUT2D eigenvalue weighted by Crippen LogP contribution is -2.57. The summed E-state index contributed by atoms with van der Waals surface area (Å²) in [7, 11) is 1.32. The van der Waals surface area contributed by atoms with E-state index in [1.165, 1.54) is 7.05 Å². The molecule has 2 heterocycles. The molecule has 2 aliphatic heterocycles. The van der Waals surface area contributed by atoms with E-state index in [-0.39, 0.29) is 30.6 Å². The first-order valence-electron chi connectivity index (χ1n) is 14.1. The highest BCUT2D eigenvalue weighted by atomic mass is 19.4. The van der Waals surface area contributed by atoms with E-state index >= 15 is 0 Å². The molecule has 0 unspecified atom stereocenters. The normalized spacial score (nSPS) is 20.6. The lowest BCUT2D eigenvalue weighted by molar-refractivity contribution is -0.143. The van der Waals surface area contributed by atoms with Gasteiger partial charge in [-0.1, -0.05) is 42.5 Å². The van der Waals surface area contributed by atoms with E-state index in [2.05, 4.69) is 19.7 Å². The monoisotopic (exact) mass is 619 g/mol. The molecule has 0 N–H and O–H groups in total. The van der Waals surface area contributed by atoms with Crippen molar-refractivity contribution in [2.75, 3.05) is 20.1 Å². The van der Waals surface area contributed by atoms with Crippen LogP contribution in [0.15, 0.2) is 80.4 Å². The van der Waals surface area contributed by atoms with Crippen molar-refractivity contribution in [3.8, 4) is 0 Å². The van der Waals surface area contributed by atoms with Gasteiger partial charge in [-0.05, 0) is 61.1 Å². The zero-order valence-electron chi connectivity index (χ0n) is 24.6. The van der Waals surface area contributed by atoms with Crippen LogP contribution < -0.4 is 0 Å². The number of allylic oxidation sites excluding steroid dienone is 2. The van der Waals surface area contributed by atoms with E-state index in [0.29, 0.717) is 31.4 Å². The first kappa shape index (κ1) is 32.9. The van der Waals surface area contributed by atoms with Crippen LogP contribution >= 0.6 is 0 Å². The fourth-order valence-electron chi connectivity index (χ4n) is 6.64. The molecule has 236 valence electrons. The highest BCUT2D eigenvalue weighted by Crippen LogP contribution is 2.50. The minimum absolute atomic E-state index is 0.0504. The number of likely N-dealkylation sites (N-methyl/N-ethyl adjacent to an activating group) is 1. The molecule has 3 amide bonds. The number of halogens is 6. The molecule has 3 atom stereocenters. The maximum absolute atomic E-state index is 14.2. The fraction of sp³-hybridized carbons (Fsp3) is 0.394. The van der Waals surface area contributed by atoms with Crippen LogP contribution in [0, 0.1) is 12.3 Å². The van der Waals surface area contributed by atoms with Crippen molar-refractivity contribution in [3.63, 3.8) is 0 Å². The fourth-order valence-corrected chi connectivity index (χ4v) is 6.64. The first-order valence-corrected chi connectivity index (χ1v) is 14.1. The van der Waals surface area contributed by atoms with Gasteiger partial charge in [0, 0.05) is 20.1 Å². The second-order valence-corrected chi connectivity index (χ2v) is 11.4. The Hall–Kier alpha value is -4.02. The summed E-state index contributed by atoms with van der Waals surface area (Å²) >= 11 is 0. The molecule has 0 saturated carbocycles. The van der Waals surface area contributed by atoms with Crippen LogP contribution in [-0.2, 0) is 17.1 Å². The van der Waals surface area contributed by atoms with Gasteiger partial charge < -0.3 is 14.7 Å². The molecule has 2 aromatic rings. The average Bonchev–Trinajstić information content (AvgIpc) is 3.23. The number of hydrogen-bond acceptors (Lipinski definition) is 2. The van der Waals surface area contributed by atoms with Crippen LogP contribution in [0.3, 0.4) is 0 Å². The van der Waals surface area contributed by atoms with E-state index < -0.39 is 53.1 Å². The lowest BCUT2D eigenvalue weighted by Gasteiger charge is -2.47. The molecule has 0 bridgehead atoms. The number of carbonyl (C=O) groups excluding carboxylic acids is 2. The number of amides is 3. The largest absolute Gasteiger partial charge is 0.416 e. The van der Waals surface area contributed by atoms with Gasteiger partial charge in [0.2, 0.25) is 5.91 Å². The van der Waals surface area contributed by atoms with Crippen LogP contribution in [0.5, 0.6) is 0 Å². The summed E-state index contributed by atoms with van der Waals surface area (Å²) in [6.07, 6.45) is -4.33. The highest BCUT2D eigenvalue weighted by Gasteiger charge is 2.56. The molecule has 11 heteroatoms. The van der Waals surface area contributed by atoms with E-state index in [0.717, 1.165) is 22.1 Å². The van der Waals surface area contributed by atoms with E-state index in [4.69, 9.17) is 0 Å². The van der Waals surface area contributed by atoms with Crippen molar-refractivity contribution in [2.24, 2.45) is 5.41 Å². The van der Waals surface area contributed by atoms with E-state index in [1.807, 2.05) is 31.2 Å². The van der Waals surface area contributed by atoms with Crippen molar-refractivity contribution < 1.29 is 35.9 Å². The number of nitrogens with zero attached hydrogens (tertiary/aromatic N) is 3. The Kier molecular flexibility index (Phi) is 9.09. The van der Waals surface area contributed by atoms with Gasteiger partial charge >= 0.3 is 18.4 Å². The molecular formula is C33H35F6N3O2. The number of alkyl halides is 6. The van der Waals surface area contributed by atoms with Gasteiger partial charge in [0.25, 0.3) is 0 Å². The predicted molar refractivity (Wildman–Crippen MR) is 155 cm³/mol. The molecular weight excluding hydrogens is 584 g/mol. The Bertz CT molecular complexity index is 1410. The van der Waals surface area contributed by atoms with Crippen molar-refractivity contribution in [2.45, 2.75) is 56.7 Å². The molecule has 0 spiro atoms. The topological polar surface area (TPSA) is 43.9 Å². The van der Waals surface area contributed by atoms with Crippen molar-refractivity contribution in [1.29, 1.82) is 0 Å². The second-order valence-electron chi connectivity index (χ2n) is 11.4. The lowest BCUT2D eigenvalue weighted by atomic mass is 9.76. The molecule has 2 saturated heterocycles. The Balaban J connectivity index is 1.78. The summed E-state index contributed by atoms with van der Waals surface area (Å²) in [5.41, 5.74) is -2.46. The summed E-state index contributed by atoms with van der Waals surface area (Å²) in [6, 6.07) is 5.69. The Labute approximate surface area is 253 Å². The molecule has 2 fully saturated rings. The molecule has 5 nitrogen and oxygen atoms in total. The van der Waals surface area contributed by atoms with Crippen LogP contribution in [-0.4, -0.2) is 52.8 Å². The van der Waals surface area contributed by atoms with Gasteiger partial charge in [-0.15, -0.1) is 19.7 Å². The van der Waals surface area contributed by atoms with Gasteiger partial charge in [0.05, 0.1) is 34.7 Å². The summed E-state index contributed by atoms with van der Waals surface area (Å²) in [5.74, 6) is -0.0612. The third-order valence-electron chi connectivity index (χ3n) is 8.71. The van der Waals surface area contributed by atoms with Crippen molar-refractivity contribution in [3.05, 3.63) is 108 Å². The zero-order chi connectivity index (χ0) is 32.6. The molecule has 0 aliphatic carbocycles. The number of hydrogen-bond donors (Lipinski definition) is 0. The maximum atomic E-state index is 14.2. The van der Waals surface area contributed by atoms with Crippen LogP contribution in [0.1, 0.15) is 59.2 Å². The first-order chi connectivity index (χ1) is 20.6. The quantitative estimate of drug-likeness (QED) is 0.221. The number of aryl methyl sites for hydroxylation is 1. The average molecular weight is 620 g/mol. The van der Waals surface area contributed by atoms with Crippen molar-refractivity contribution >= 4 is 11.9 Å². The number of rotatable bonds is 8. The third kappa shape index (κ3) is 6.01. The summed E-state index contributed by atoms with van der Waals surface area (Å²) in [6.45, 7) is 13.5. The number of piperazine rings is 1. The second kappa shape index (κ2) is 12.2. The van der Waals surface area contributed by atoms with E-state index in [1.54, 1.807) is 22.0 Å². The molecule has 0 aromatic heterocycles. The SMILES string of the molecule is C=CCC1(CC=C)C[C@H]2[C@H](c3ccccc3C)N(C(=O)N(C)[C@@H](C=C)c3cc(C(F)(F)F)cc(C(F)(F)F)c3)CCN2C1=O. The number of carbonyl (C=O) groups is 2. The molecule has 2 aromatic carbocycles. The number of urea groups is 1. The van der Waals surface area contributed by atoms with Crippen LogP contribution in [0.2, 0.25) is 0 Å². The zero-order valence-corrected chi connectivity index (χ0v) is 24.6. The van der Waals surface area contributed by atoms with Crippen LogP contribution in [0.25, 0.3) is 0 Å². The van der Waals surface area contributed by atoms with Gasteiger partial charge in [-0.2, -0.15) is 26.3 Å². The molecule has 4 rings (SSSR count). The third-order valence-corrected chi connectivity index (χ3v) is 8.71. The van der Waals surface area contributed by atoms with Gasteiger partial charge in [0.1, 0.15) is 0 Å². The minimum Gasteiger partial charge on any atom is -0.335 e. The summed E-state index contributed by atoms with van der Waals surface area (Å²) in [5, 5.41) is 0. The number of fused-ring (bicyclic) bond motifs is 1. The van der Waals surface area contributed by atoms with Crippen LogP contribution in [0.4, 0.5) is 31.1 Å². The maximum Gasteiger partial charge on any atom is 0.416 e. The van der Waals surface area contributed by atoms with E-state index in [9.17, 15) is 35.9 Å². The Morgan fingerprint density at radius 1 is 1.00 bits per heavy atom. The highest BCUT2D eigenvalue weighted by molar-refractivity contribution is 5.87. The molecule has 2 aliphatic rings. The summed E-state index contributed by atoms with van der Waals surface area (Å²) < 4.78 is 81.8. The predicted octanol–water partition coefficient (Wildman–Crippen LogP) is 8.11. The minimum atomic E-state index is -5.05. The standard InChI is InChI=1S/C33H35F6N3O2/c1-6-13-31(14-7-2)20-27-28(25-12-10-9-11-21(25)4)42(16-15-41(27)29(31)43)30(44)40(5)26(8-3)22-17-23(32(34,35)36)19-24(18-22)33(37,38)39/h6-12,17-19,26-28H,1-3,13-16,20H2,4-5H3/t26-,27-,28-/m0/s1. The Morgan fingerprint density at radius 3 is 2.07 bits per heavy atom. The van der Waals surface area contributed by atoms with Gasteiger partial charge in [0.15, 0.2) is 0 Å². The van der Waals surface area contributed by atoms with Gasteiger partial charge in [-0.3, -0.25) is 4.79 Å². The van der Waals surface area contributed by atoms with Crippen molar-refractivity contribution in [1.82, 2.24) is 14.7 Å².